The molecule has 10 nitrogen and oxygen atoms in total. The quantitative estimate of drug-likeness (QED) is 0.140. The fraction of sp³-hybridized carbons (Fsp3) is 0.444. The van der Waals surface area contributed by atoms with E-state index in [0.717, 1.165) is 16.7 Å². The maximum Gasteiger partial charge on any atom is 0.408 e. The van der Waals surface area contributed by atoms with Crippen molar-refractivity contribution < 1.29 is 27.5 Å². The lowest BCUT2D eigenvalue weighted by molar-refractivity contribution is -0.113. The second-order valence-electron chi connectivity index (χ2n) is 9.96. The molecule has 2 aromatic rings. The fourth-order valence-electron chi connectivity index (χ4n) is 3.76. The first-order chi connectivity index (χ1) is 18.1. The van der Waals surface area contributed by atoms with E-state index >= 15 is 0 Å². The van der Waals surface area contributed by atoms with Crippen LogP contribution in [0.3, 0.4) is 0 Å². The van der Waals surface area contributed by atoms with Gasteiger partial charge in [-0.3, -0.25) is 10.2 Å². The second kappa shape index (κ2) is 13.7. The van der Waals surface area contributed by atoms with Crippen molar-refractivity contribution in [2.75, 3.05) is 13.7 Å². The normalized spacial score (nSPS) is 12.3. The Hall–Kier alpha value is -3.25. The standard InChI is InChI=1S/C27H38N4O6S2/c1-17-16-22(36-7)18(2)19(3)23(17)39(34,35)31-25(28)29-15-11-14-21(30-26(33)37-27(4,5)6)24(32)38-20-12-9-8-10-13-20/h8-10,12-13,16,21H,11,14-15H2,1-7H3,(H,30,33)(H3,28,29,31)/t21-/m0/s1. The van der Waals surface area contributed by atoms with E-state index in [2.05, 4.69) is 15.4 Å². The van der Waals surface area contributed by atoms with Crippen LogP contribution in [-0.2, 0) is 19.6 Å². The Kier molecular flexibility index (Phi) is 11.2. The van der Waals surface area contributed by atoms with E-state index in [0.29, 0.717) is 28.9 Å². The molecule has 0 aliphatic heterocycles. The zero-order valence-electron chi connectivity index (χ0n) is 23.4. The minimum absolute atomic E-state index is 0.0949. The van der Waals surface area contributed by atoms with Gasteiger partial charge in [0.05, 0.1) is 12.0 Å². The molecule has 0 radical (unpaired) electrons. The van der Waals surface area contributed by atoms with Crippen molar-refractivity contribution in [2.24, 2.45) is 0 Å². The van der Waals surface area contributed by atoms with Gasteiger partial charge in [-0.1, -0.05) is 18.2 Å². The molecule has 4 N–H and O–H groups in total. The number of carbonyl (C=O) groups excluding carboxylic acids is 2. The highest BCUT2D eigenvalue weighted by Crippen LogP contribution is 2.30. The molecule has 12 heteroatoms. The summed E-state index contributed by atoms with van der Waals surface area (Å²) >= 11 is 1.02. The minimum Gasteiger partial charge on any atom is -0.496 e. The first-order valence-electron chi connectivity index (χ1n) is 12.4. The third-order valence-electron chi connectivity index (χ3n) is 5.61. The smallest absolute Gasteiger partial charge is 0.408 e. The van der Waals surface area contributed by atoms with Crippen LogP contribution in [0.15, 0.2) is 46.2 Å². The first kappa shape index (κ1) is 32.0. The van der Waals surface area contributed by atoms with Gasteiger partial charge in [-0.05, 0) is 101 Å². The number of alkyl carbamates (subject to hydrolysis) is 1. The van der Waals surface area contributed by atoms with Gasteiger partial charge in [0.25, 0.3) is 10.0 Å². The van der Waals surface area contributed by atoms with Crippen LogP contribution in [0.4, 0.5) is 4.79 Å². The van der Waals surface area contributed by atoms with Crippen molar-refractivity contribution in [2.45, 2.75) is 75.8 Å². The van der Waals surface area contributed by atoms with E-state index in [-0.39, 0.29) is 23.0 Å². The van der Waals surface area contributed by atoms with Gasteiger partial charge in [-0.25, -0.2) is 17.9 Å². The number of benzene rings is 2. The zero-order valence-corrected chi connectivity index (χ0v) is 25.1. The van der Waals surface area contributed by atoms with Gasteiger partial charge in [0.15, 0.2) is 0 Å². The largest absolute Gasteiger partial charge is 0.496 e. The predicted molar refractivity (Wildman–Crippen MR) is 153 cm³/mol. The van der Waals surface area contributed by atoms with Crippen molar-refractivity contribution in [3.63, 3.8) is 0 Å². The van der Waals surface area contributed by atoms with Crippen molar-refractivity contribution in [3.05, 3.63) is 53.1 Å². The average Bonchev–Trinajstić information content (AvgIpc) is 2.82. The molecule has 0 fully saturated rings. The highest BCUT2D eigenvalue weighted by Gasteiger charge is 2.26. The molecular formula is C27H38N4O6S2. The third-order valence-corrected chi connectivity index (χ3v) is 8.24. The Morgan fingerprint density at radius 3 is 2.31 bits per heavy atom. The van der Waals surface area contributed by atoms with Gasteiger partial charge in [0, 0.05) is 11.4 Å². The molecule has 39 heavy (non-hydrogen) atoms. The topological polar surface area (TPSA) is 147 Å². The number of thioether (sulfide) groups is 1. The fourth-order valence-corrected chi connectivity index (χ4v) is 6.09. The van der Waals surface area contributed by atoms with Crippen LogP contribution in [0.25, 0.3) is 0 Å². The Bertz CT molecular complexity index is 1290. The van der Waals surface area contributed by atoms with Crippen LogP contribution in [-0.4, -0.2) is 50.9 Å². The first-order valence-corrected chi connectivity index (χ1v) is 14.7. The van der Waals surface area contributed by atoms with Gasteiger partial charge in [-0.2, -0.15) is 0 Å². The van der Waals surface area contributed by atoms with Crippen LogP contribution in [0, 0.1) is 26.2 Å². The van der Waals surface area contributed by atoms with Crippen molar-refractivity contribution >= 4 is 39.0 Å². The van der Waals surface area contributed by atoms with Crippen LogP contribution in [0.2, 0.25) is 0 Å². The molecule has 0 spiro atoms. The SMILES string of the molecule is COc1cc(C)c(S(=O)(=O)NC(=N)NCCC[C@H](NC(=O)OC(C)(C)C)C(=O)Sc2ccccc2)c(C)c1C. The molecule has 0 aromatic heterocycles. The number of guanidine groups is 1. The number of hydrogen-bond donors (Lipinski definition) is 4. The summed E-state index contributed by atoms with van der Waals surface area (Å²) < 4.78 is 38.9. The van der Waals surface area contributed by atoms with E-state index in [9.17, 15) is 18.0 Å². The molecule has 2 aromatic carbocycles. The predicted octanol–water partition coefficient (Wildman–Crippen LogP) is 4.42. The van der Waals surface area contributed by atoms with Crippen molar-refractivity contribution in [1.29, 1.82) is 5.41 Å². The number of aryl methyl sites for hydroxylation is 1. The molecule has 0 unspecified atom stereocenters. The molecule has 0 saturated heterocycles. The lowest BCUT2D eigenvalue weighted by atomic mass is 10.1. The second-order valence-corrected chi connectivity index (χ2v) is 12.7. The molecule has 2 rings (SSSR count). The van der Waals surface area contributed by atoms with Gasteiger partial charge < -0.3 is 20.1 Å². The van der Waals surface area contributed by atoms with Crippen LogP contribution in [0.5, 0.6) is 5.75 Å². The Morgan fingerprint density at radius 2 is 1.72 bits per heavy atom. The van der Waals surface area contributed by atoms with Crippen LogP contribution < -0.4 is 20.1 Å². The number of amides is 1. The van der Waals surface area contributed by atoms with E-state index in [1.54, 1.807) is 59.7 Å². The number of hydrogen-bond acceptors (Lipinski definition) is 8. The highest BCUT2D eigenvalue weighted by atomic mass is 32.2. The summed E-state index contributed by atoms with van der Waals surface area (Å²) in [6.45, 7) is 10.5. The molecule has 214 valence electrons. The molecular weight excluding hydrogens is 540 g/mol. The maximum atomic E-state index is 13.0. The highest BCUT2D eigenvalue weighted by molar-refractivity contribution is 8.13. The Labute approximate surface area is 235 Å². The van der Waals surface area contributed by atoms with Gasteiger partial charge in [0.1, 0.15) is 17.4 Å². The summed E-state index contributed by atoms with van der Waals surface area (Å²) in [5.41, 5.74) is 1.01. The average molecular weight is 579 g/mol. The zero-order chi connectivity index (χ0) is 29.4. The monoisotopic (exact) mass is 578 g/mol. The number of nitrogens with one attached hydrogen (secondary N) is 4. The third kappa shape index (κ3) is 9.77. The molecule has 0 saturated carbocycles. The van der Waals surface area contributed by atoms with E-state index in [1.807, 2.05) is 18.2 Å². The number of methoxy groups -OCH3 is 1. The summed E-state index contributed by atoms with van der Waals surface area (Å²) in [7, 11) is -2.50. The molecule has 1 atom stereocenters. The van der Waals surface area contributed by atoms with E-state index in [4.69, 9.17) is 14.9 Å². The number of rotatable bonds is 10. The summed E-state index contributed by atoms with van der Waals surface area (Å²) in [5, 5.41) is 13.2. The summed E-state index contributed by atoms with van der Waals surface area (Å²) in [4.78, 5) is 26.1. The summed E-state index contributed by atoms with van der Waals surface area (Å²) in [6.07, 6.45) is -0.0878. The van der Waals surface area contributed by atoms with E-state index < -0.39 is 33.7 Å². The molecule has 1 amide bonds. The molecule has 0 aliphatic carbocycles. The Morgan fingerprint density at radius 1 is 1.08 bits per heavy atom. The van der Waals surface area contributed by atoms with Crippen molar-refractivity contribution in [3.8, 4) is 5.75 Å². The molecule has 0 heterocycles. The summed E-state index contributed by atoms with van der Waals surface area (Å²) in [6, 6.07) is 9.89. The van der Waals surface area contributed by atoms with Gasteiger partial charge in [-0.15, -0.1) is 0 Å². The number of carbonyl (C=O) groups is 2. The Balaban J connectivity index is 2.01. The van der Waals surface area contributed by atoms with Crippen LogP contribution >= 0.6 is 11.8 Å². The van der Waals surface area contributed by atoms with Gasteiger partial charge >= 0.3 is 6.09 Å². The molecule has 0 bridgehead atoms. The summed E-state index contributed by atoms with van der Waals surface area (Å²) in [5.74, 6) is 0.190. The lowest BCUT2D eigenvalue weighted by Gasteiger charge is -2.23. The molecule has 0 aliphatic rings. The minimum atomic E-state index is -4.03. The number of sulfonamides is 1. The van der Waals surface area contributed by atoms with Crippen LogP contribution in [0.1, 0.15) is 50.3 Å². The maximum absolute atomic E-state index is 13.0. The lowest BCUT2D eigenvalue weighted by Crippen LogP contribution is -2.44. The van der Waals surface area contributed by atoms with Gasteiger partial charge in [0.2, 0.25) is 11.1 Å². The number of ether oxygens (including phenoxy) is 2. The van der Waals surface area contributed by atoms with Crippen molar-refractivity contribution in [1.82, 2.24) is 15.4 Å². The van der Waals surface area contributed by atoms with E-state index in [1.165, 1.54) is 7.11 Å².